The predicted molar refractivity (Wildman–Crippen MR) is 108 cm³/mol. The van der Waals surface area contributed by atoms with Crippen molar-refractivity contribution in [2.75, 3.05) is 5.75 Å². The van der Waals surface area contributed by atoms with Gasteiger partial charge in [0.25, 0.3) is 0 Å². The first kappa shape index (κ1) is 18.3. The Bertz CT molecular complexity index is 1180. The summed E-state index contributed by atoms with van der Waals surface area (Å²) in [5.41, 5.74) is 3.99. The Balaban J connectivity index is 1.67. The minimum atomic E-state index is -0.919. The normalized spacial score (nSPS) is 11.0. The number of aliphatic carboxylic acids is 1. The number of pyridine rings is 2. The van der Waals surface area contributed by atoms with E-state index in [4.69, 9.17) is 16.7 Å². The number of hydrogen-bond donors (Lipinski definition) is 3. The number of imidazole rings is 1. The van der Waals surface area contributed by atoms with Crippen LogP contribution in [-0.4, -0.2) is 41.9 Å². The summed E-state index contributed by atoms with van der Waals surface area (Å²) in [5, 5.41) is 19.7. The fourth-order valence-electron chi connectivity index (χ4n) is 2.73. The third-order valence-corrected chi connectivity index (χ3v) is 5.15. The average molecular weight is 413 g/mol. The number of carboxylic acids is 1. The highest BCUT2D eigenvalue weighted by Crippen LogP contribution is 2.33. The SMILES string of the molecule is O=C(O)CSc1nc2nc(-c3ccc(-c4ccncc4O)cc3)c(Cl)cc2[nH]1. The summed E-state index contributed by atoms with van der Waals surface area (Å²) in [4.78, 5) is 26.4. The van der Waals surface area contributed by atoms with E-state index in [1.165, 1.54) is 6.20 Å². The van der Waals surface area contributed by atoms with Crippen LogP contribution in [0.25, 0.3) is 33.5 Å². The van der Waals surface area contributed by atoms with Crippen molar-refractivity contribution in [3.8, 4) is 28.1 Å². The number of halogens is 1. The number of aromatic amines is 1. The van der Waals surface area contributed by atoms with Crippen molar-refractivity contribution in [3.63, 3.8) is 0 Å². The quantitative estimate of drug-likeness (QED) is 0.420. The van der Waals surface area contributed by atoms with Crippen molar-refractivity contribution >= 4 is 40.5 Å². The second-order valence-electron chi connectivity index (χ2n) is 5.88. The van der Waals surface area contributed by atoms with Gasteiger partial charge in [-0.1, -0.05) is 47.6 Å². The van der Waals surface area contributed by atoms with Gasteiger partial charge in [0, 0.05) is 17.3 Å². The lowest BCUT2D eigenvalue weighted by atomic mass is 10.0. The molecule has 0 aliphatic carbocycles. The summed E-state index contributed by atoms with van der Waals surface area (Å²) in [5.74, 6) is -0.905. The molecule has 0 fully saturated rings. The van der Waals surface area contributed by atoms with E-state index >= 15 is 0 Å². The maximum atomic E-state index is 10.7. The number of H-pyrrole nitrogens is 1. The third-order valence-electron chi connectivity index (χ3n) is 4.01. The molecule has 3 aromatic heterocycles. The van der Waals surface area contributed by atoms with E-state index < -0.39 is 5.97 Å². The molecule has 4 rings (SSSR count). The van der Waals surface area contributed by atoms with Gasteiger partial charge in [-0.15, -0.1) is 0 Å². The molecule has 0 atom stereocenters. The van der Waals surface area contributed by atoms with E-state index in [1.807, 2.05) is 24.3 Å². The fraction of sp³-hybridized carbons (Fsp3) is 0.0526. The van der Waals surface area contributed by atoms with E-state index in [0.717, 1.165) is 22.9 Å². The van der Waals surface area contributed by atoms with Crippen molar-refractivity contribution < 1.29 is 15.0 Å². The maximum Gasteiger partial charge on any atom is 0.313 e. The number of fused-ring (bicyclic) bond motifs is 1. The molecule has 0 radical (unpaired) electrons. The molecule has 0 unspecified atom stereocenters. The number of aromatic nitrogens is 4. The highest BCUT2D eigenvalue weighted by atomic mass is 35.5. The predicted octanol–water partition coefficient (Wildman–Crippen LogP) is 4.22. The van der Waals surface area contributed by atoms with Gasteiger partial charge in [-0.25, -0.2) is 9.97 Å². The molecule has 7 nitrogen and oxygen atoms in total. The van der Waals surface area contributed by atoms with Crippen molar-refractivity contribution in [2.45, 2.75) is 5.16 Å². The Morgan fingerprint density at radius 2 is 1.89 bits per heavy atom. The average Bonchev–Trinajstić information content (AvgIpc) is 3.08. The molecule has 4 aromatic rings. The Morgan fingerprint density at radius 3 is 2.61 bits per heavy atom. The van der Waals surface area contributed by atoms with Gasteiger partial charge >= 0.3 is 5.97 Å². The monoisotopic (exact) mass is 412 g/mol. The highest BCUT2D eigenvalue weighted by Gasteiger charge is 2.13. The minimum absolute atomic E-state index is 0.0935. The van der Waals surface area contributed by atoms with Crippen LogP contribution in [0.2, 0.25) is 5.02 Å². The Labute approximate surface area is 168 Å². The van der Waals surface area contributed by atoms with Gasteiger partial charge in [-0.05, 0) is 17.7 Å². The third kappa shape index (κ3) is 3.64. The highest BCUT2D eigenvalue weighted by molar-refractivity contribution is 7.99. The summed E-state index contributed by atoms with van der Waals surface area (Å²) < 4.78 is 0. The molecule has 1 aromatic carbocycles. The van der Waals surface area contributed by atoms with Gasteiger partial charge in [0.2, 0.25) is 0 Å². The molecule has 0 aliphatic heterocycles. The van der Waals surface area contributed by atoms with E-state index in [2.05, 4.69) is 19.9 Å². The Morgan fingerprint density at radius 1 is 1.14 bits per heavy atom. The van der Waals surface area contributed by atoms with Crippen molar-refractivity contribution in [2.24, 2.45) is 0 Å². The minimum Gasteiger partial charge on any atom is -0.506 e. The van der Waals surface area contributed by atoms with E-state index in [1.54, 1.807) is 18.3 Å². The molecular weight excluding hydrogens is 400 g/mol. The van der Waals surface area contributed by atoms with Gasteiger partial charge in [-0.3, -0.25) is 9.78 Å². The maximum absolute atomic E-state index is 10.7. The first-order chi connectivity index (χ1) is 13.5. The molecule has 0 saturated carbocycles. The van der Waals surface area contributed by atoms with E-state index in [9.17, 15) is 9.90 Å². The first-order valence-corrected chi connectivity index (χ1v) is 9.52. The van der Waals surface area contributed by atoms with Crippen LogP contribution < -0.4 is 0 Å². The second kappa shape index (κ2) is 7.49. The molecule has 3 heterocycles. The van der Waals surface area contributed by atoms with Crippen LogP contribution in [0.4, 0.5) is 0 Å². The zero-order valence-electron chi connectivity index (χ0n) is 14.3. The van der Waals surface area contributed by atoms with Crippen LogP contribution >= 0.6 is 23.4 Å². The van der Waals surface area contributed by atoms with Gasteiger partial charge in [0.1, 0.15) is 5.75 Å². The fourth-order valence-corrected chi connectivity index (χ4v) is 3.59. The topological polar surface area (TPSA) is 112 Å². The summed E-state index contributed by atoms with van der Waals surface area (Å²) in [6, 6.07) is 10.9. The smallest absolute Gasteiger partial charge is 0.313 e. The number of aromatic hydroxyl groups is 1. The molecule has 28 heavy (non-hydrogen) atoms. The van der Waals surface area contributed by atoms with Crippen LogP contribution in [0.1, 0.15) is 0 Å². The van der Waals surface area contributed by atoms with Crippen LogP contribution in [0, 0.1) is 0 Å². The van der Waals surface area contributed by atoms with Crippen LogP contribution in [0.3, 0.4) is 0 Å². The molecule has 0 bridgehead atoms. The van der Waals surface area contributed by atoms with Crippen molar-refractivity contribution in [1.29, 1.82) is 0 Å². The van der Waals surface area contributed by atoms with E-state index in [-0.39, 0.29) is 11.5 Å². The largest absolute Gasteiger partial charge is 0.506 e. The summed E-state index contributed by atoms with van der Waals surface area (Å²) in [6.07, 6.45) is 3.01. The summed E-state index contributed by atoms with van der Waals surface area (Å²) in [6.45, 7) is 0. The number of thioether (sulfide) groups is 1. The van der Waals surface area contributed by atoms with Gasteiger partial charge in [0.05, 0.1) is 28.2 Å². The zero-order valence-corrected chi connectivity index (χ0v) is 15.8. The number of rotatable bonds is 5. The number of nitrogens with one attached hydrogen (secondary N) is 1. The molecular formula is C19H13ClN4O3S. The van der Waals surface area contributed by atoms with Gasteiger partial charge in [0.15, 0.2) is 10.8 Å². The first-order valence-electron chi connectivity index (χ1n) is 8.16. The number of nitrogens with zero attached hydrogens (tertiary/aromatic N) is 3. The standard InChI is InChI=1S/C19H13ClN4O3S/c20-13-7-14-18(24-19(22-14)28-9-16(26)27)23-17(13)11-3-1-10(2-4-11)12-5-6-21-8-15(12)25/h1-8,25H,9H2,(H,26,27)(H,22,23,24). The second-order valence-corrected chi connectivity index (χ2v) is 7.26. The lowest BCUT2D eigenvalue weighted by Crippen LogP contribution is -1.97. The van der Waals surface area contributed by atoms with Crippen molar-refractivity contribution in [3.05, 3.63) is 53.8 Å². The molecule has 0 aliphatic rings. The summed E-state index contributed by atoms with van der Waals surface area (Å²) >= 11 is 7.48. The molecule has 0 amide bonds. The lowest BCUT2D eigenvalue weighted by Gasteiger charge is -2.07. The Kier molecular flexibility index (Phi) is 4.89. The van der Waals surface area contributed by atoms with Gasteiger partial charge in [-0.2, -0.15) is 0 Å². The zero-order chi connectivity index (χ0) is 19.7. The molecule has 3 N–H and O–H groups in total. The molecule has 9 heteroatoms. The van der Waals surface area contributed by atoms with Crippen molar-refractivity contribution in [1.82, 2.24) is 19.9 Å². The Hall–Kier alpha value is -3.10. The molecule has 140 valence electrons. The summed E-state index contributed by atoms with van der Waals surface area (Å²) in [7, 11) is 0. The van der Waals surface area contributed by atoms with Crippen LogP contribution in [-0.2, 0) is 4.79 Å². The number of benzene rings is 1. The molecule has 0 saturated heterocycles. The van der Waals surface area contributed by atoms with E-state index in [0.29, 0.717) is 32.6 Å². The lowest BCUT2D eigenvalue weighted by molar-refractivity contribution is -0.133. The van der Waals surface area contributed by atoms with Crippen LogP contribution in [0.5, 0.6) is 5.75 Å². The number of carboxylic acid groups (broad SMARTS) is 1. The van der Waals surface area contributed by atoms with Crippen LogP contribution in [0.15, 0.2) is 53.9 Å². The molecule has 0 spiro atoms. The number of hydrogen-bond acceptors (Lipinski definition) is 6. The van der Waals surface area contributed by atoms with Gasteiger partial charge < -0.3 is 15.2 Å². The number of carbonyl (C=O) groups is 1.